The Kier molecular flexibility index (Phi) is 5.77. The van der Waals surface area contributed by atoms with Gasteiger partial charge in [-0.25, -0.2) is 9.59 Å². The summed E-state index contributed by atoms with van der Waals surface area (Å²) in [4.78, 5) is 38.0. The fraction of sp³-hybridized carbons (Fsp3) is 0.423. The quantitative estimate of drug-likeness (QED) is 0.627. The molecule has 0 radical (unpaired) electrons. The van der Waals surface area contributed by atoms with E-state index in [4.69, 9.17) is 9.84 Å². The fourth-order valence-corrected chi connectivity index (χ4v) is 5.56. The molecule has 2 amide bonds. The van der Waals surface area contributed by atoms with Gasteiger partial charge in [0.25, 0.3) is 0 Å². The molecular formula is C26H28N2O6. The van der Waals surface area contributed by atoms with Crippen LogP contribution in [0.1, 0.15) is 42.7 Å². The smallest absolute Gasteiger partial charge is 0.407 e. The first-order chi connectivity index (χ1) is 16.4. The van der Waals surface area contributed by atoms with Crippen molar-refractivity contribution in [2.75, 3.05) is 19.7 Å². The molecule has 2 fully saturated rings. The molecule has 2 aromatic rings. The maximum Gasteiger partial charge on any atom is 0.407 e. The first-order valence-corrected chi connectivity index (χ1v) is 11.7. The van der Waals surface area contributed by atoms with Crippen LogP contribution < -0.4 is 5.32 Å². The van der Waals surface area contributed by atoms with Crippen molar-refractivity contribution in [1.29, 1.82) is 0 Å². The summed E-state index contributed by atoms with van der Waals surface area (Å²) >= 11 is 0. The van der Waals surface area contributed by atoms with Crippen LogP contribution in [0.2, 0.25) is 0 Å². The van der Waals surface area contributed by atoms with Crippen LogP contribution in [0.15, 0.2) is 48.5 Å². The lowest BCUT2D eigenvalue weighted by molar-refractivity contribution is -0.157. The van der Waals surface area contributed by atoms with Gasteiger partial charge >= 0.3 is 12.1 Å². The largest absolute Gasteiger partial charge is 0.479 e. The summed E-state index contributed by atoms with van der Waals surface area (Å²) in [6, 6.07) is 16.1. The van der Waals surface area contributed by atoms with E-state index in [9.17, 15) is 19.5 Å². The number of carboxylic acids is 1. The number of carboxylic acid groups (broad SMARTS) is 1. The maximum absolute atomic E-state index is 12.8. The average Bonchev–Trinajstić information content (AvgIpc) is 3.54. The van der Waals surface area contributed by atoms with Crippen molar-refractivity contribution in [2.45, 2.75) is 43.2 Å². The van der Waals surface area contributed by atoms with Gasteiger partial charge in [0, 0.05) is 30.8 Å². The third kappa shape index (κ3) is 4.03. The number of benzene rings is 2. The summed E-state index contributed by atoms with van der Waals surface area (Å²) < 4.78 is 5.61. The number of aliphatic carboxylic acids is 1. The summed E-state index contributed by atoms with van der Waals surface area (Å²) in [7, 11) is 0. The van der Waals surface area contributed by atoms with Crippen LogP contribution in [0.3, 0.4) is 0 Å². The highest BCUT2D eigenvalue weighted by molar-refractivity contribution is 5.84. The number of nitrogens with zero attached hydrogens (tertiary/aromatic N) is 1. The summed E-state index contributed by atoms with van der Waals surface area (Å²) in [6.07, 6.45) is 1.27. The van der Waals surface area contributed by atoms with Crippen LogP contribution in [0.5, 0.6) is 0 Å². The van der Waals surface area contributed by atoms with E-state index in [-0.39, 0.29) is 49.9 Å². The van der Waals surface area contributed by atoms with Crippen LogP contribution in [0.4, 0.5) is 4.79 Å². The van der Waals surface area contributed by atoms with Crippen LogP contribution in [0.25, 0.3) is 11.1 Å². The van der Waals surface area contributed by atoms with E-state index in [1.165, 1.54) is 16.0 Å². The lowest BCUT2D eigenvalue weighted by atomic mass is 9.98. The molecule has 8 heteroatoms. The predicted molar refractivity (Wildman–Crippen MR) is 123 cm³/mol. The molecule has 1 heterocycles. The number of nitrogens with one attached hydrogen (secondary N) is 1. The summed E-state index contributed by atoms with van der Waals surface area (Å²) in [5, 5.41) is 22.2. The van der Waals surface area contributed by atoms with Crippen molar-refractivity contribution in [2.24, 2.45) is 5.92 Å². The lowest BCUT2D eigenvalue weighted by Crippen LogP contribution is -2.43. The van der Waals surface area contributed by atoms with E-state index >= 15 is 0 Å². The summed E-state index contributed by atoms with van der Waals surface area (Å²) in [6.45, 7) is 0.265. The Balaban J connectivity index is 1.14. The Hall–Kier alpha value is -3.39. The molecule has 3 aliphatic rings. The molecule has 3 N–H and O–H groups in total. The Bertz CT molecular complexity index is 1090. The summed E-state index contributed by atoms with van der Waals surface area (Å²) in [5.74, 6) is -1.77. The zero-order valence-electron chi connectivity index (χ0n) is 18.8. The van der Waals surface area contributed by atoms with Crippen molar-refractivity contribution in [3.8, 4) is 11.1 Å². The normalized spacial score (nSPS) is 25.6. The molecule has 1 saturated heterocycles. The molecule has 3 atom stereocenters. The molecule has 1 saturated carbocycles. The minimum absolute atomic E-state index is 0.0146. The van der Waals surface area contributed by atoms with Gasteiger partial charge in [0.05, 0.1) is 6.54 Å². The van der Waals surface area contributed by atoms with Gasteiger partial charge in [-0.3, -0.25) is 4.79 Å². The number of fused-ring (bicyclic) bond motifs is 3. The van der Waals surface area contributed by atoms with Crippen LogP contribution in [0, 0.1) is 5.92 Å². The number of rotatable bonds is 5. The molecular weight excluding hydrogens is 436 g/mol. The van der Waals surface area contributed by atoms with Crippen molar-refractivity contribution in [1.82, 2.24) is 10.2 Å². The minimum atomic E-state index is -1.87. The van der Waals surface area contributed by atoms with E-state index in [0.29, 0.717) is 19.3 Å². The summed E-state index contributed by atoms with van der Waals surface area (Å²) in [5.41, 5.74) is 2.76. The Morgan fingerprint density at radius 2 is 1.68 bits per heavy atom. The van der Waals surface area contributed by atoms with Crippen molar-refractivity contribution >= 4 is 18.0 Å². The van der Waals surface area contributed by atoms with Crippen LogP contribution in [-0.4, -0.2) is 64.4 Å². The molecule has 8 nitrogen and oxygen atoms in total. The molecule has 2 aromatic carbocycles. The van der Waals surface area contributed by atoms with E-state index < -0.39 is 17.7 Å². The van der Waals surface area contributed by atoms with Gasteiger partial charge in [-0.05, 0) is 41.5 Å². The van der Waals surface area contributed by atoms with Crippen molar-refractivity contribution in [3.63, 3.8) is 0 Å². The van der Waals surface area contributed by atoms with Gasteiger partial charge in [-0.2, -0.15) is 0 Å². The molecule has 3 unspecified atom stereocenters. The second-order valence-electron chi connectivity index (χ2n) is 9.52. The number of likely N-dealkylation sites (tertiary alicyclic amines) is 1. The third-order valence-corrected chi connectivity index (χ3v) is 7.41. The molecule has 178 valence electrons. The van der Waals surface area contributed by atoms with Gasteiger partial charge < -0.3 is 25.2 Å². The van der Waals surface area contributed by atoms with Crippen LogP contribution >= 0.6 is 0 Å². The second-order valence-corrected chi connectivity index (χ2v) is 9.52. The number of hydrogen-bond acceptors (Lipinski definition) is 5. The molecule has 34 heavy (non-hydrogen) atoms. The number of carbonyl (C=O) groups is 3. The molecule has 1 aliphatic heterocycles. The van der Waals surface area contributed by atoms with Crippen LogP contribution in [-0.2, 0) is 14.3 Å². The molecule has 0 spiro atoms. The average molecular weight is 465 g/mol. The minimum Gasteiger partial charge on any atom is -0.479 e. The highest BCUT2D eigenvalue weighted by Crippen LogP contribution is 2.44. The third-order valence-electron chi connectivity index (χ3n) is 7.41. The topological polar surface area (TPSA) is 116 Å². The number of aliphatic hydroxyl groups is 1. The monoisotopic (exact) mass is 464 g/mol. The van der Waals surface area contributed by atoms with E-state index in [2.05, 4.69) is 29.6 Å². The molecule has 0 aromatic heterocycles. The first kappa shape index (κ1) is 22.4. The molecule has 2 aliphatic carbocycles. The van der Waals surface area contributed by atoms with Crippen molar-refractivity contribution in [3.05, 3.63) is 59.7 Å². The SMILES string of the molecule is O=C(NC1CCC(C(=O)N2CCC(O)(C(=O)O)C2)C1)OCC1c2ccccc2-c2ccccc21. The number of amides is 2. The lowest BCUT2D eigenvalue weighted by Gasteiger charge is -2.22. The Labute approximate surface area is 197 Å². The number of alkyl carbamates (subject to hydrolysis) is 1. The number of carbonyl (C=O) groups excluding carboxylic acids is 2. The first-order valence-electron chi connectivity index (χ1n) is 11.7. The second kappa shape index (κ2) is 8.76. The van der Waals surface area contributed by atoms with Gasteiger partial charge in [-0.1, -0.05) is 48.5 Å². The number of β-amino-alcohol motifs (C(OH)–C–C–N with tert-alkyl or cyclic N) is 1. The number of ether oxygens (including phenoxy) is 1. The fourth-order valence-electron chi connectivity index (χ4n) is 5.56. The molecule has 0 bridgehead atoms. The van der Waals surface area contributed by atoms with E-state index in [1.807, 2.05) is 24.3 Å². The van der Waals surface area contributed by atoms with E-state index in [1.54, 1.807) is 0 Å². The predicted octanol–water partition coefficient (Wildman–Crippen LogP) is 2.74. The zero-order chi connectivity index (χ0) is 23.9. The van der Waals surface area contributed by atoms with Gasteiger partial charge in [-0.15, -0.1) is 0 Å². The standard InChI is InChI=1S/C26H28N2O6/c29-23(28-12-11-26(33,15-28)24(30)31)16-9-10-17(13-16)27-25(32)34-14-22-20-7-3-1-5-18(20)19-6-2-4-8-21(19)22/h1-8,16-17,22,33H,9-15H2,(H,27,32)(H,30,31). The number of hydrogen-bond donors (Lipinski definition) is 3. The van der Waals surface area contributed by atoms with Gasteiger partial charge in [0.15, 0.2) is 5.60 Å². The highest BCUT2D eigenvalue weighted by Gasteiger charge is 2.46. The zero-order valence-corrected chi connectivity index (χ0v) is 18.8. The molecule has 5 rings (SSSR count). The van der Waals surface area contributed by atoms with E-state index in [0.717, 1.165) is 11.1 Å². The Morgan fingerprint density at radius 1 is 1.03 bits per heavy atom. The van der Waals surface area contributed by atoms with Gasteiger partial charge in [0.1, 0.15) is 6.61 Å². The van der Waals surface area contributed by atoms with Crippen molar-refractivity contribution < 1.29 is 29.3 Å². The maximum atomic E-state index is 12.8. The Morgan fingerprint density at radius 3 is 2.29 bits per heavy atom. The van der Waals surface area contributed by atoms with Gasteiger partial charge in [0.2, 0.25) is 5.91 Å². The highest BCUT2D eigenvalue weighted by atomic mass is 16.5.